The molecule has 1 N–H and O–H groups in total. The molecule has 0 radical (unpaired) electrons. The molecule has 2 aliphatic rings. The molecular weight excluding hydrogens is 470 g/mol. The van der Waals surface area contributed by atoms with Crippen molar-refractivity contribution in [1.29, 1.82) is 0 Å². The molecule has 1 fully saturated rings. The lowest BCUT2D eigenvalue weighted by Gasteiger charge is -2.20. The van der Waals surface area contributed by atoms with Crippen LogP contribution in [0.5, 0.6) is 0 Å². The lowest BCUT2D eigenvalue weighted by Crippen LogP contribution is -2.31. The summed E-state index contributed by atoms with van der Waals surface area (Å²) in [4.78, 5) is 30.7. The first kappa shape index (κ1) is 21.0. The van der Waals surface area contributed by atoms with Gasteiger partial charge in [-0.25, -0.2) is 8.42 Å². The van der Waals surface area contributed by atoms with E-state index in [9.17, 15) is 18.0 Å². The zero-order valence-electron chi connectivity index (χ0n) is 16.3. The second-order valence-electron chi connectivity index (χ2n) is 7.59. The van der Waals surface area contributed by atoms with Gasteiger partial charge in [0.05, 0.1) is 28.6 Å². The Kier molecular flexibility index (Phi) is 5.92. The average Bonchev–Trinajstić information content (AvgIpc) is 3.50. The highest BCUT2D eigenvalue weighted by Crippen LogP contribution is 2.41. The molecular formula is C21H22BrN3O4S. The van der Waals surface area contributed by atoms with Crippen molar-refractivity contribution in [3.05, 3.63) is 52.3 Å². The number of carbonyl (C=O) groups excluding carboxylic acids is 2. The number of rotatable bonds is 7. The molecule has 2 aromatic rings. The van der Waals surface area contributed by atoms with Crippen molar-refractivity contribution >= 4 is 43.3 Å². The second kappa shape index (κ2) is 8.47. The molecule has 1 aromatic heterocycles. The van der Waals surface area contributed by atoms with Gasteiger partial charge in [0.15, 0.2) is 9.84 Å². The molecule has 7 nitrogen and oxygen atoms in total. The number of pyridine rings is 1. The van der Waals surface area contributed by atoms with Crippen LogP contribution in [0.1, 0.15) is 30.5 Å². The van der Waals surface area contributed by atoms with Gasteiger partial charge in [-0.1, -0.05) is 22.0 Å². The van der Waals surface area contributed by atoms with E-state index in [0.29, 0.717) is 28.8 Å². The van der Waals surface area contributed by atoms with E-state index in [1.165, 1.54) is 0 Å². The minimum atomic E-state index is -3.76. The van der Waals surface area contributed by atoms with Crippen LogP contribution in [0.2, 0.25) is 0 Å². The number of hydrogen-bond acceptors (Lipinski definition) is 5. The summed E-state index contributed by atoms with van der Waals surface area (Å²) in [7, 11) is -3.76. The highest BCUT2D eigenvalue weighted by atomic mass is 79.9. The van der Waals surface area contributed by atoms with Crippen LogP contribution < -0.4 is 10.2 Å². The number of nitrogens with one attached hydrogen (secondary N) is 1. The van der Waals surface area contributed by atoms with Gasteiger partial charge in [0.2, 0.25) is 11.8 Å². The average molecular weight is 492 g/mol. The summed E-state index contributed by atoms with van der Waals surface area (Å²) in [6.45, 7) is 0.740. The van der Waals surface area contributed by atoms with Crippen LogP contribution in [-0.2, 0) is 32.4 Å². The Bertz CT molecular complexity index is 1080. The highest BCUT2D eigenvalue weighted by Gasteiger charge is 2.39. The molecule has 1 aliphatic heterocycles. The summed E-state index contributed by atoms with van der Waals surface area (Å²) in [5.41, 5.74) is 2.04. The minimum Gasteiger partial charge on any atom is -0.350 e. The Morgan fingerprint density at radius 1 is 1.23 bits per heavy atom. The van der Waals surface area contributed by atoms with Crippen LogP contribution >= 0.6 is 15.9 Å². The van der Waals surface area contributed by atoms with Crippen LogP contribution in [-0.4, -0.2) is 37.5 Å². The van der Waals surface area contributed by atoms with Crippen molar-refractivity contribution in [1.82, 2.24) is 10.3 Å². The fourth-order valence-corrected chi connectivity index (χ4v) is 5.77. The SMILES string of the molecule is O=C(CCS(=O)(=O)c1cc(Br)cc2c1N(C(=O)C1CC1)CC2)NCc1ccccn1. The van der Waals surface area contributed by atoms with Crippen molar-refractivity contribution in [3.63, 3.8) is 0 Å². The van der Waals surface area contributed by atoms with Crippen LogP contribution in [0.25, 0.3) is 0 Å². The maximum Gasteiger partial charge on any atom is 0.230 e. The van der Waals surface area contributed by atoms with E-state index in [1.807, 2.05) is 12.1 Å². The third-order valence-electron chi connectivity index (χ3n) is 5.31. The Balaban J connectivity index is 1.49. The van der Waals surface area contributed by atoms with Gasteiger partial charge in [0.25, 0.3) is 0 Å². The van der Waals surface area contributed by atoms with Crippen molar-refractivity contribution in [3.8, 4) is 0 Å². The zero-order valence-corrected chi connectivity index (χ0v) is 18.7. The maximum absolute atomic E-state index is 13.1. The van der Waals surface area contributed by atoms with Crippen molar-refractivity contribution in [2.75, 3.05) is 17.2 Å². The lowest BCUT2D eigenvalue weighted by molar-refractivity contribution is -0.121. The number of carbonyl (C=O) groups is 2. The Morgan fingerprint density at radius 3 is 2.73 bits per heavy atom. The maximum atomic E-state index is 13.1. The van der Waals surface area contributed by atoms with Gasteiger partial charge in [-0.05, 0) is 49.1 Å². The van der Waals surface area contributed by atoms with Gasteiger partial charge in [-0.2, -0.15) is 0 Å². The quantitative estimate of drug-likeness (QED) is 0.641. The Labute approximate surface area is 183 Å². The summed E-state index contributed by atoms with van der Waals surface area (Å²) >= 11 is 3.38. The van der Waals surface area contributed by atoms with Gasteiger partial charge >= 0.3 is 0 Å². The fourth-order valence-electron chi connectivity index (χ4n) is 3.59. The Hall–Kier alpha value is -2.26. The number of fused-ring (bicyclic) bond motifs is 1. The molecule has 2 amide bonds. The lowest BCUT2D eigenvalue weighted by atomic mass is 10.2. The van der Waals surface area contributed by atoms with Crippen molar-refractivity contribution < 1.29 is 18.0 Å². The monoisotopic (exact) mass is 491 g/mol. The standard InChI is InChI=1S/C21H22BrN3O4S/c22-16-11-15-6-9-25(21(27)14-4-5-14)20(15)18(12-16)30(28,29)10-7-19(26)24-13-17-3-1-2-8-23-17/h1-3,8,11-12,14H,4-7,9-10,13H2,(H,24,26). The van der Waals surface area contributed by atoms with Crippen LogP contribution in [0, 0.1) is 5.92 Å². The van der Waals surface area contributed by atoms with Gasteiger partial charge in [0.1, 0.15) is 0 Å². The molecule has 1 aromatic carbocycles. The summed E-state index contributed by atoms with van der Waals surface area (Å²) in [6.07, 6.45) is 3.82. The van der Waals surface area contributed by atoms with E-state index < -0.39 is 9.84 Å². The number of hydrogen-bond donors (Lipinski definition) is 1. The summed E-state index contributed by atoms with van der Waals surface area (Å²) in [6, 6.07) is 8.80. The van der Waals surface area contributed by atoms with E-state index in [0.717, 1.165) is 18.4 Å². The predicted octanol–water partition coefficient (Wildman–Crippen LogP) is 2.62. The zero-order chi connectivity index (χ0) is 21.3. The fraction of sp³-hybridized carbons (Fsp3) is 0.381. The third kappa shape index (κ3) is 4.57. The summed E-state index contributed by atoms with van der Waals surface area (Å²) in [5.74, 6) is -0.676. The Morgan fingerprint density at radius 2 is 2.03 bits per heavy atom. The van der Waals surface area contributed by atoms with Gasteiger partial charge in [0, 0.05) is 29.6 Å². The van der Waals surface area contributed by atoms with Crippen molar-refractivity contribution in [2.45, 2.75) is 37.1 Å². The van der Waals surface area contributed by atoms with Gasteiger partial charge < -0.3 is 10.2 Å². The normalized spacial score (nSPS) is 15.7. The smallest absolute Gasteiger partial charge is 0.230 e. The minimum absolute atomic E-state index is 0.000580. The number of halogens is 1. The first-order valence-electron chi connectivity index (χ1n) is 9.88. The molecule has 4 rings (SSSR count). The number of nitrogens with zero attached hydrogens (tertiary/aromatic N) is 2. The van der Waals surface area contributed by atoms with E-state index in [1.54, 1.807) is 29.3 Å². The predicted molar refractivity (Wildman–Crippen MR) is 116 cm³/mol. The van der Waals surface area contributed by atoms with Crippen molar-refractivity contribution in [2.24, 2.45) is 5.92 Å². The first-order valence-corrected chi connectivity index (χ1v) is 12.3. The van der Waals surface area contributed by atoms with Gasteiger partial charge in [-0.15, -0.1) is 0 Å². The molecule has 0 unspecified atom stereocenters. The van der Waals surface area contributed by atoms with Crippen LogP contribution in [0.15, 0.2) is 45.9 Å². The number of aromatic nitrogens is 1. The molecule has 30 heavy (non-hydrogen) atoms. The molecule has 0 spiro atoms. The molecule has 0 saturated heterocycles. The number of sulfone groups is 1. The topological polar surface area (TPSA) is 96.4 Å². The highest BCUT2D eigenvalue weighted by molar-refractivity contribution is 9.10. The van der Waals surface area contributed by atoms with E-state index in [4.69, 9.17) is 0 Å². The molecule has 1 aliphatic carbocycles. The van der Waals surface area contributed by atoms with Crippen LogP contribution in [0.4, 0.5) is 5.69 Å². The number of benzene rings is 1. The van der Waals surface area contributed by atoms with Crippen LogP contribution in [0.3, 0.4) is 0 Å². The number of amides is 2. The second-order valence-corrected chi connectivity index (χ2v) is 10.6. The van der Waals surface area contributed by atoms with E-state index >= 15 is 0 Å². The molecule has 0 bridgehead atoms. The first-order chi connectivity index (χ1) is 14.3. The molecule has 158 valence electrons. The third-order valence-corrected chi connectivity index (χ3v) is 7.49. The molecule has 9 heteroatoms. The summed E-state index contributed by atoms with van der Waals surface area (Å²) < 4.78 is 26.9. The largest absolute Gasteiger partial charge is 0.350 e. The van der Waals surface area contributed by atoms with E-state index in [2.05, 4.69) is 26.2 Å². The van der Waals surface area contributed by atoms with Gasteiger partial charge in [-0.3, -0.25) is 14.6 Å². The number of anilines is 1. The van der Waals surface area contributed by atoms with E-state index in [-0.39, 0.29) is 41.3 Å². The summed E-state index contributed by atoms with van der Waals surface area (Å²) in [5, 5.41) is 2.70. The molecule has 1 saturated carbocycles. The molecule has 0 atom stereocenters. The molecule has 2 heterocycles.